The van der Waals surface area contributed by atoms with Gasteiger partial charge in [0.25, 0.3) is 5.91 Å². The smallest absolute Gasteiger partial charge is 0.275 e. The summed E-state index contributed by atoms with van der Waals surface area (Å²) < 4.78 is 0. The Morgan fingerprint density at radius 1 is 1.05 bits per heavy atom. The maximum Gasteiger partial charge on any atom is 0.275 e. The largest absolute Gasteiger partial charge is 0.321 e. The van der Waals surface area contributed by atoms with Gasteiger partial charge in [-0.15, -0.1) is 0 Å². The fourth-order valence-corrected chi connectivity index (χ4v) is 2.02. The molecule has 4 nitrogen and oxygen atoms in total. The highest BCUT2D eigenvalue weighted by Gasteiger charge is 2.09. The lowest BCUT2D eigenvalue weighted by atomic mass is 10.3. The van der Waals surface area contributed by atoms with Crippen molar-refractivity contribution in [2.75, 3.05) is 5.32 Å². The van der Waals surface area contributed by atoms with E-state index in [4.69, 9.17) is 11.6 Å². The van der Waals surface area contributed by atoms with Gasteiger partial charge in [0.2, 0.25) is 0 Å². The van der Waals surface area contributed by atoms with Crippen LogP contribution in [0.25, 0.3) is 11.0 Å². The molecular formula is C15H10ClN3O. The third kappa shape index (κ3) is 2.60. The zero-order chi connectivity index (χ0) is 13.9. The van der Waals surface area contributed by atoms with Gasteiger partial charge in [-0.05, 0) is 30.3 Å². The molecule has 1 N–H and O–H groups in total. The van der Waals surface area contributed by atoms with Crippen molar-refractivity contribution in [2.45, 2.75) is 0 Å². The highest BCUT2D eigenvalue weighted by Crippen LogP contribution is 2.16. The number of para-hydroxylation sites is 2. The zero-order valence-corrected chi connectivity index (χ0v) is 11.1. The van der Waals surface area contributed by atoms with Crippen LogP contribution in [0.2, 0.25) is 5.02 Å². The molecule has 20 heavy (non-hydrogen) atoms. The molecule has 1 aromatic heterocycles. The van der Waals surface area contributed by atoms with Gasteiger partial charge in [0.15, 0.2) is 0 Å². The van der Waals surface area contributed by atoms with Crippen molar-refractivity contribution in [3.05, 3.63) is 65.4 Å². The van der Waals surface area contributed by atoms with E-state index in [-0.39, 0.29) is 11.6 Å². The number of nitrogens with one attached hydrogen (secondary N) is 1. The second kappa shape index (κ2) is 5.27. The average Bonchev–Trinajstić information content (AvgIpc) is 2.47. The summed E-state index contributed by atoms with van der Waals surface area (Å²) in [7, 11) is 0. The second-order valence-corrected chi connectivity index (χ2v) is 4.64. The molecular weight excluding hydrogens is 274 g/mol. The van der Waals surface area contributed by atoms with E-state index in [0.29, 0.717) is 16.2 Å². The van der Waals surface area contributed by atoms with Crippen LogP contribution in [0.5, 0.6) is 0 Å². The third-order valence-corrected chi connectivity index (χ3v) is 3.00. The molecule has 1 amide bonds. The standard InChI is InChI=1S/C15H10ClN3O/c16-10-4-3-5-11(8-10)18-15(20)14-9-17-12-6-1-2-7-13(12)19-14/h1-9H,(H,18,20). The van der Waals surface area contributed by atoms with Gasteiger partial charge in [-0.25, -0.2) is 4.98 Å². The van der Waals surface area contributed by atoms with Crippen LogP contribution < -0.4 is 5.32 Å². The Hall–Kier alpha value is -2.46. The van der Waals surface area contributed by atoms with Crippen molar-refractivity contribution < 1.29 is 4.79 Å². The molecule has 1 heterocycles. The molecule has 0 saturated heterocycles. The number of anilines is 1. The first-order chi connectivity index (χ1) is 9.72. The number of benzene rings is 2. The first-order valence-electron chi connectivity index (χ1n) is 6.01. The Morgan fingerprint density at radius 2 is 1.85 bits per heavy atom. The van der Waals surface area contributed by atoms with Crippen molar-refractivity contribution >= 4 is 34.2 Å². The Morgan fingerprint density at radius 3 is 2.65 bits per heavy atom. The first kappa shape index (κ1) is 12.6. The van der Waals surface area contributed by atoms with Crippen molar-refractivity contribution in [1.82, 2.24) is 9.97 Å². The average molecular weight is 284 g/mol. The van der Waals surface area contributed by atoms with E-state index in [0.717, 1.165) is 5.52 Å². The number of halogens is 1. The molecule has 98 valence electrons. The molecule has 0 aliphatic carbocycles. The van der Waals surface area contributed by atoms with Gasteiger partial charge in [0.05, 0.1) is 17.2 Å². The maximum atomic E-state index is 12.1. The van der Waals surface area contributed by atoms with Crippen LogP contribution in [0.4, 0.5) is 5.69 Å². The van der Waals surface area contributed by atoms with Gasteiger partial charge in [0, 0.05) is 10.7 Å². The van der Waals surface area contributed by atoms with Crippen LogP contribution in [0.3, 0.4) is 0 Å². The van der Waals surface area contributed by atoms with Gasteiger partial charge in [-0.2, -0.15) is 0 Å². The molecule has 0 unspecified atom stereocenters. The van der Waals surface area contributed by atoms with Crippen LogP contribution in [-0.4, -0.2) is 15.9 Å². The van der Waals surface area contributed by atoms with Gasteiger partial charge in [-0.3, -0.25) is 9.78 Å². The van der Waals surface area contributed by atoms with E-state index in [2.05, 4.69) is 15.3 Å². The summed E-state index contributed by atoms with van der Waals surface area (Å²) in [4.78, 5) is 20.6. The van der Waals surface area contributed by atoms with Crippen LogP contribution >= 0.6 is 11.6 Å². The lowest BCUT2D eigenvalue weighted by Gasteiger charge is -2.05. The maximum absolute atomic E-state index is 12.1. The monoisotopic (exact) mass is 283 g/mol. The predicted octanol–water partition coefficient (Wildman–Crippen LogP) is 3.54. The number of hydrogen-bond donors (Lipinski definition) is 1. The molecule has 5 heteroatoms. The van der Waals surface area contributed by atoms with Crippen LogP contribution in [0, 0.1) is 0 Å². The summed E-state index contributed by atoms with van der Waals surface area (Å²) in [5.41, 5.74) is 2.33. The van der Waals surface area contributed by atoms with Crippen LogP contribution in [0.1, 0.15) is 10.5 Å². The molecule has 0 radical (unpaired) electrons. The molecule has 0 fully saturated rings. The number of hydrogen-bond acceptors (Lipinski definition) is 3. The normalized spacial score (nSPS) is 10.4. The lowest BCUT2D eigenvalue weighted by Crippen LogP contribution is -2.14. The van der Waals surface area contributed by atoms with E-state index in [1.807, 2.05) is 24.3 Å². The van der Waals surface area contributed by atoms with E-state index in [9.17, 15) is 4.79 Å². The molecule has 0 saturated carbocycles. The van der Waals surface area contributed by atoms with E-state index in [1.54, 1.807) is 24.3 Å². The molecule has 0 atom stereocenters. The number of rotatable bonds is 2. The number of nitrogens with zero attached hydrogens (tertiary/aromatic N) is 2. The number of aromatic nitrogens is 2. The van der Waals surface area contributed by atoms with Gasteiger partial charge in [0.1, 0.15) is 5.69 Å². The second-order valence-electron chi connectivity index (χ2n) is 4.21. The topological polar surface area (TPSA) is 54.9 Å². The summed E-state index contributed by atoms with van der Waals surface area (Å²) in [5, 5.41) is 3.30. The number of fused-ring (bicyclic) bond motifs is 1. The SMILES string of the molecule is O=C(Nc1cccc(Cl)c1)c1cnc2ccccc2n1. The predicted molar refractivity (Wildman–Crippen MR) is 78.9 cm³/mol. The fraction of sp³-hybridized carbons (Fsp3) is 0. The lowest BCUT2D eigenvalue weighted by molar-refractivity contribution is 0.102. The van der Waals surface area contributed by atoms with Crippen LogP contribution in [-0.2, 0) is 0 Å². The number of amides is 1. The van der Waals surface area contributed by atoms with E-state index < -0.39 is 0 Å². The van der Waals surface area contributed by atoms with E-state index in [1.165, 1.54) is 6.20 Å². The third-order valence-electron chi connectivity index (χ3n) is 2.76. The molecule has 3 aromatic rings. The minimum Gasteiger partial charge on any atom is -0.321 e. The van der Waals surface area contributed by atoms with Gasteiger partial charge in [-0.1, -0.05) is 29.8 Å². The molecule has 3 rings (SSSR count). The Bertz CT molecular complexity index is 789. The number of carbonyl (C=O) groups is 1. The summed E-state index contributed by atoms with van der Waals surface area (Å²) in [6.45, 7) is 0. The summed E-state index contributed by atoms with van der Waals surface area (Å²) in [5.74, 6) is -0.314. The quantitative estimate of drug-likeness (QED) is 0.783. The van der Waals surface area contributed by atoms with Crippen molar-refractivity contribution in [3.8, 4) is 0 Å². The fourth-order valence-electron chi connectivity index (χ4n) is 1.83. The summed E-state index contributed by atoms with van der Waals surface area (Å²) >= 11 is 5.87. The zero-order valence-electron chi connectivity index (χ0n) is 10.4. The minimum atomic E-state index is -0.314. The summed E-state index contributed by atoms with van der Waals surface area (Å²) in [6, 6.07) is 14.3. The first-order valence-corrected chi connectivity index (χ1v) is 6.39. The van der Waals surface area contributed by atoms with Gasteiger partial charge < -0.3 is 5.32 Å². The molecule has 2 aromatic carbocycles. The minimum absolute atomic E-state index is 0.267. The number of carbonyl (C=O) groups excluding carboxylic acids is 1. The highest BCUT2D eigenvalue weighted by molar-refractivity contribution is 6.30. The van der Waals surface area contributed by atoms with Crippen LogP contribution in [0.15, 0.2) is 54.7 Å². The Kier molecular flexibility index (Phi) is 3.31. The Labute approximate surface area is 120 Å². The molecule has 0 bridgehead atoms. The van der Waals surface area contributed by atoms with Gasteiger partial charge >= 0.3 is 0 Å². The summed E-state index contributed by atoms with van der Waals surface area (Å²) in [6.07, 6.45) is 1.46. The van der Waals surface area contributed by atoms with Crippen molar-refractivity contribution in [1.29, 1.82) is 0 Å². The van der Waals surface area contributed by atoms with Crippen molar-refractivity contribution in [2.24, 2.45) is 0 Å². The Balaban J connectivity index is 1.88. The van der Waals surface area contributed by atoms with E-state index >= 15 is 0 Å². The highest BCUT2D eigenvalue weighted by atomic mass is 35.5. The molecule has 0 spiro atoms. The molecule has 0 aliphatic rings. The molecule has 0 aliphatic heterocycles. The van der Waals surface area contributed by atoms with Crippen molar-refractivity contribution in [3.63, 3.8) is 0 Å².